The summed E-state index contributed by atoms with van der Waals surface area (Å²) in [6.45, 7) is 10.6. The van der Waals surface area contributed by atoms with Crippen molar-refractivity contribution in [2.75, 3.05) is 37.7 Å². The molecule has 1 fully saturated rings. The van der Waals surface area contributed by atoms with Crippen LogP contribution in [-0.4, -0.2) is 48.9 Å². The number of hydrogen-bond acceptors (Lipinski definition) is 5. The number of rotatable bonds is 5. The minimum atomic E-state index is 0.356. The third-order valence-corrected chi connectivity index (χ3v) is 3.28. The number of aryl methyl sites for hydroxylation is 2. The lowest BCUT2D eigenvalue weighted by Gasteiger charge is -2.36. The first-order chi connectivity index (χ1) is 9.20. The van der Waals surface area contributed by atoms with Crippen LogP contribution >= 0.6 is 0 Å². The van der Waals surface area contributed by atoms with Crippen molar-refractivity contribution < 1.29 is 4.74 Å². The van der Waals surface area contributed by atoms with Crippen LogP contribution in [0.3, 0.4) is 0 Å². The minimum Gasteiger partial charge on any atom is -0.377 e. The van der Waals surface area contributed by atoms with E-state index in [0.29, 0.717) is 6.04 Å². The van der Waals surface area contributed by atoms with Gasteiger partial charge in [-0.05, 0) is 26.8 Å². The molecule has 2 rings (SSSR count). The van der Waals surface area contributed by atoms with Gasteiger partial charge in [-0.2, -0.15) is 0 Å². The molecule has 0 saturated carbocycles. The van der Waals surface area contributed by atoms with Gasteiger partial charge >= 0.3 is 0 Å². The van der Waals surface area contributed by atoms with Gasteiger partial charge in [-0.25, -0.2) is 9.97 Å². The van der Waals surface area contributed by atoms with Crippen molar-refractivity contribution in [3.63, 3.8) is 0 Å². The molecule has 1 aromatic rings. The lowest BCUT2D eigenvalue weighted by molar-refractivity contribution is 0.0933. The van der Waals surface area contributed by atoms with Gasteiger partial charge in [-0.3, -0.25) is 0 Å². The van der Waals surface area contributed by atoms with Crippen molar-refractivity contribution in [3.8, 4) is 0 Å². The number of hydrogen-bond donors (Lipinski definition) is 1. The van der Waals surface area contributed by atoms with Crippen LogP contribution < -0.4 is 10.2 Å². The van der Waals surface area contributed by atoms with E-state index in [1.54, 1.807) is 0 Å². The van der Waals surface area contributed by atoms with Gasteiger partial charge in [-0.1, -0.05) is 6.92 Å². The summed E-state index contributed by atoms with van der Waals surface area (Å²) in [7, 11) is 0. The Hall–Kier alpha value is -1.20. The Balaban J connectivity index is 2.09. The van der Waals surface area contributed by atoms with E-state index < -0.39 is 0 Å². The molecule has 5 nitrogen and oxygen atoms in total. The van der Waals surface area contributed by atoms with Crippen LogP contribution in [0.1, 0.15) is 24.9 Å². The first kappa shape index (κ1) is 14.2. The van der Waals surface area contributed by atoms with Gasteiger partial charge in [0.2, 0.25) is 0 Å². The highest BCUT2D eigenvalue weighted by atomic mass is 16.5. The minimum absolute atomic E-state index is 0.356. The fraction of sp³-hybridized carbons (Fsp3) is 0.714. The number of nitrogens with one attached hydrogen (secondary N) is 1. The maximum Gasteiger partial charge on any atom is 0.132 e. The molecule has 19 heavy (non-hydrogen) atoms. The molecule has 2 heterocycles. The molecule has 0 amide bonds. The van der Waals surface area contributed by atoms with E-state index in [1.807, 2.05) is 13.8 Å². The molecule has 5 heteroatoms. The first-order valence-corrected chi connectivity index (χ1v) is 7.08. The second kappa shape index (κ2) is 6.82. The summed E-state index contributed by atoms with van der Waals surface area (Å²) in [5.74, 6) is 1.86. The van der Waals surface area contributed by atoms with Crippen molar-refractivity contribution in [1.29, 1.82) is 0 Å². The third kappa shape index (κ3) is 3.88. The Kier molecular flexibility index (Phi) is 5.10. The topological polar surface area (TPSA) is 50.3 Å². The molecule has 0 radical (unpaired) electrons. The average Bonchev–Trinajstić information content (AvgIpc) is 2.38. The fourth-order valence-corrected chi connectivity index (χ4v) is 2.42. The maximum atomic E-state index is 5.60. The van der Waals surface area contributed by atoms with Crippen molar-refractivity contribution in [3.05, 3.63) is 17.6 Å². The highest BCUT2D eigenvalue weighted by Crippen LogP contribution is 2.18. The molecule has 0 aromatic carbocycles. The van der Waals surface area contributed by atoms with Crippen LogP contribution in [0.4, 0.5) is 5.82 Å². The molecule has 0 spiro atoms. The molecule has 1 unspecified atom stereocenters. The van der Waals surface area contributed by atoms with Crippen LogP contribution in [0, 0.1) is 13.8 Å². The van der Waals surface area contributed by atoms with Gasteiger partial charge in [0.25, 0.3) is 0 Å². The van der Waals surface area contributed by atoms with E-state index >= 15 is 0 Å². The largest absolute Gasteiger partial charge is 0.377 e. The average molecular weight is 264 g/mol. The van der Waals surface area contributed by atoms with Gasteiger partial charge in [0.1, 0.15) is 11.6 Å². The van der Waals surface area contributed by atoms with Crippen LogP contribution in [0.5, 0.6) is 0 Å². The van der Waals surface area contributed by atoms with E-state index in [1.165, 1.54) is 0 Å². The molecular formula is C14H24N4O. The number of aromatic nitrogens is 2. The Morgan fingerprint density at radius 2 is 2.26 bits per heavy atom. The van der Waals surface area contributed by atoms with E-state index in [2.05, 4.69) is 33.2 Å². The SMILES string of the molecule is CCCNCC1COCCN1c1cc(C)nc(C)n1. The summed E-state index contributed by atoms with van der Waals surface area (Å²) in [4.78, 5) is 11.3. The molecular weight excluding hydrogens is 240 g/mol. The summed E-state index contributed by atoms with van der Waals surface area (Å²) < 4.78 is 5.60. The Morgan fingerprint density at radius 3 is 3.00 bits per heavy atom. The summed E-state index contributed by atoms with van der Waals surface area (Å²) in [6.07, 6.45) is 1.15. The van der Waals surface area contributed by atoms with Gasteiger partial charge in [0.15, 0.2) is 0 Å². The highest BCUT2D eigenvalue weighted by molar-refractivity contribution is 5.41. The van der Waals surface area contributed by atoms with Gasteiger partial charge in [0.05, 0.1) is 19.3 Å². The lowest BCUT2D eigenvalue weighted by atomic mass is 10.2. The first-order valence-electron chi connectivity index (χ1n) is 7.08. The highest BCUT2D eigenvalue weighted by Gasteiger charge is 2.24. The molecule has 1 aromatic heterocycles. The second-order valence-corrected chi connectivity index (χ2v) is 5.04. The van der Waals surface area contributed by atoms with E-state index in [4.69, 9.17) is 4.74 Å². The smallest absolute Gasteiger partial charge is 0.132 e. The zero-order chi connectivity index (χ0) is 13.7. The third-order valence-electron chi connectivity index (χ3n) is 3.28. The van der Waals surface area contributed by atoms with Crippen LogP contribution in [-0.2, 0) is 4.74 Å². The summed E-state index contributed by atoms with van der Waals surface area (Å²) in [5, 5.41) is 3.47. The molecule has 0 aliphatic carbocycles. The number of morpholine rings is 1. The predicted molar refractivity (Wildman–Crippen MR) is 76.6 cm³/mol. The van der Waals surface area contributed by atoms with Crippen molar-refractivity contribution in [2.45, 2.75) is 33.2 Å². The second-order valence-electron chi connectivity index (χ2n) is 5.04. The number of ether oxygens (including phenoxy) is 1. The zero-order valence-corrected chi connectivity index (χ0v) is 12.1. The number of nitrogens with zero attached hydrogens (tertiary/aromatic N) is 3. The molecule has 106 valence electrons. The Bertz CT molecular complexity index is 390. The van der Waals surface area contributed by atoms with Crippen LogP contribution in [0.15, 0.2) is 6.07 Å². The zero-order valence-electron chi connectivity index (χ0n) is 12.1. The molecule has 1 saturated heterocycles. The van der Waals surface area contributed by atoms with E-state index in [9.17, 15) is 0 Å². The summed E-state index contributed by atoms with van der Waals surface area (Å²) in [5.41, 5.74) is 1.02. The van der Waals surface area contributed by atoms with Crippen molar-refractivity contribution in [1.82, 2.24) is 15.3 Å². The molecule has 1 aliphatic heterocycles. The van der Waals surface area contributed by atoms with Gasteiger partial charge in [0, 0.05) is 24.8 Å². The molecule has 1 N–H and O–H groups in total. The maximum absolute atomic E-state index is 5.60. The molecule has 1 aliphatic rings. The van der Waals surface area contributed by atoms with Crippen molar-refractivity contribution in [2.24, 2.45) is 0 Å². The fourth-order valence-electron chi connectivity index (χ4n) is 2.42. The van der Waals surface area contributed by atoms with Crippen LogP contribution in [0.25, 0.3) is 0 Å². The quantitative estimate of drug-likeness (QED) is 0.812. The van der Waals surface area contributed by atoms with E-state index in [-0.39, 0.29) is 0 Å². The van der Waals surface area contributed by atoms with Gasteiger partial charge < -0.3 is 15.0 Å². The Labute approximate surface area is 115 Å². The van der Waals surface area contributed by atoms with Crippen LogP contribution in [0.2, 0.25) is 0 Å². The normalized spacial score (nSPS) is 19.7. The lowest BCUT2D eigenvalue weighted by Crippen LogP contribution is -2.51. The molecule has 1 atom stereocenters. The van der Waals surface area contributed by atoms with Gasteiger partial charge in [-0.15, -0.1) is 0 Å². The molecule has 0 bridgehead atoms. The predicted octanol–water partition coefficient (Wildman–Crippen LogP) is 1.30. The summed E-state index contributed by atoms with van der Waals surface area (Å²) in [6, 6.07) is 2.42. The monoisotopic (exact) mass is 264 g/mol. The van der Waals surface area contributed by atoms with E-state index in [0.717, 1.165) is 56.6 Å². The Morgan fingerprint density at radius 1 is 1.42 bits per heavy atom. The number of anilines is 1. The van der Waals surface area contributed by atoms with Crippen molar-refractivity contribution >= 4 is 5.82 Å². The standard InChI is InChI=1S/C14H24N4O/c1-4-5-15-9-13-10-19-7-6-18(13)14-8-11(2)16-12(3)17-14/h8,13,15H,4-7,9-10H2,1-3H3. The summed E-state index contributed by atoms with van der Waals surface area (Å²) >= 11 is 0.